The van der Waals surface area contributed by atoms with Gasteiger partial charge in [0.1, 0.15) is 0 Å². The van der Waals surface area contributed by atoms with Crippen LogP contribution in [0.25, 0.3) is 10.9 Å². The zero-order valence-corrected chi connectivity index (χ0v) is 16.6. The molecule has 0 aliphatic carbocycles. The molecule has 0 bridgehead atoms. The molecule has 4 heteroatoms. The molecule has 0 saturated carbocycles. The van der Waals surface area contributed by atoms with E-state index in [1.54, 1.807) is 20.8 Å². The number of hydrogen-bond donors (Lipinski definition) is 0. The zero-order chi connectivity index (χ0) is 18.3. The molecule has 0 spiro atoms. The second-order valence-corrected chi connectivity index (χ2v) is 10.7. The number of pyridine rings is 1. The van der Waals surface area contributed by atoms with Gasteiger partial charge in [-0.2, -0.15) is 0 Å². The summed E-state index contributed by atoms with van der Waals surface area (Å²) in [5.74, 6) is 0.317. The van der Waals surface area contributed by atoms with Crippen LogP contribution < -0.4 is 0 Å². The number of fused-ring (bicyclic) bond motifs is 1. The van der Waals surface area contributed by atoms with Crippen LogP contribution in [0.4, 0.5) is 0 Å². The van der Waals surface area contributed by atoms with E-state index in [4.69, 9.17) is 4.98 Å². The summed E-state index contributed by atoms with van der Waals surface area (Å²) in [6.07, 6.45) is 7.42. The molecule has 0 unspecified atom stereocenters. The number of unbranched alkanes of at least 4 members (excludes halogenated alkanes) is 5. The molecule has 1 aromatic carbocycles. The highest BCUT2D eigenvalue weighted by Crippen LogP contribution is 2.18. The van der Waals surface area contributed by atoms with Crippen molar-refractivity contribution in [1.29, 1.82) is 0 Å². The van der Waals surface area contributed by atoms with E-state index < -0.39 is 14.6 Å². The van der Waals surface area contributed by atoms with Crippen molar-refractivity contribution in [2.75, 3.05) is 5.75 Å². The fourth-order valence-corrected chi connectivity index (χ4v) is 4.06. The van der Waals surface area contributed by atoms with Gasteiger partial charge in [-0.3, -0.25) is 4.98 Å². The van der Waals surface area contributed by atoms with Crippen molar-refractivity contribution in [3.05, 3.63) is 42.1 Å². The molecule has 0 atom stereocenters. The van der Waals surface area contributed by atoms with Gasteiger partial charge in [0.15, 0.2) is 9.84 Å². The van der Waals surface area contributed by atoms with Gasteiger partial charge in [0.2, 0.25) is 0 Å². The molecule has 0 saturated heterocycles. The third kappa shape index (κ3) is 6.10. The number of benzene rings is 1. The first-order valence-corrected chi connectivity index (χ1v) is 11.0. The summed E-state index contributed by atoms with van der Waals surface area (Å²) < 4.78 is 23.4. The smallest absolute Gasteiger partial charge is 0.155 e. The minimum Gasteiger partial charge on any atom is -0.253 e. The molecular weight excluding hydrogens is 330 g/mol. The Morgan fingerprint density at radius 1 is 0.840 bits per heavy atom. The summed E-state index contributed by atoms with van der Waals surface area (Å²) in [6, 6.07) is 12.5. The number of sulfone groups is 1. The van der Waals surface area contributed by atoms with Gasteiger partial charge in [-0.25, -0.2) is 8.42 Å². The van der Waals surface area contributed by atoms with Gasteiger partial charge in [-0.05, 0) is 52.2 Å². The molecule has 0 aliphatic heterocycles. The van der Waals surface area contributed by atoms with Crippen LogP contribution in [-0.2, 0) is 16.3 Å². The Bertz CT molecular complexity index is 776. The van der Waals surface area contributed by atoms with E-state index in [9.17, 15) is 8.42 Å². The first kappa shape index (κ1) is 19.9. The Morgan fingerprint density at radius 2 is 1.48 bits per heavy atom. The summed E-state index contributed by atoms with van der Waals surface area (Å²) in [5.41, 5.74) is 2.23. The van der Waals surface area contributed by atoms with E-state index in [0.29, 0.717) is 5.75 Å². The SMILES string of the molecule is CC(C)(C)S(=O)(=O)CCCCCCCCc1ccc2ccccc2n1. The Kier molecular flexibility index (Phi) is 7.00. The molecule has 0 fully saturated rings. The summed E-state index contributed by atoms with van der Waals surface area (Å²) in [6.45, 7) is 5.34. The first-order chi connectivity index (χ1) is 11.8. The maximum Gasteiger partial charge on any atom is 0.155 e. The van der Waals surface area contributed by atoms with Crippen LogP contribution in [0.3, 0.4) is 0 Å². The maximum absolute atomic E-state index is 12.0. The topological polar surface area (TPSA) is 47.0 Å². The predicted octanol–water partition coefficient (Wildman–Crippen LogP) is 5.33. The highest BCUT2D eigenvalue weighted by molar-refractivity contribution is 7.92. The molecule has 138 valence electrons. The van der Waals surface area contributed by atoms with Crippen LogP contribution in [0.5, 0.6) is 0 Å². The molecule has 0 radical (unpaired) electrons. The minimum absolute atomic E-state index is 0.317. The largest absolute Gasteiger partial charge is 0.253 e. The van der Waals surface area contributed by atoms with Gasteiger partial charge >= 0.3 is 0 Å². The predicted molar refractivity (Wildman–Crippen MR) is 107 cm³/mol. The summed E-state index contributed by atoms with van der Waals surface area (Å²) >= 11 is 0. The maximum atomic E-state index is 12.0. The van der Waals surface area contributed by atoms with E-state index in [0.717, 1.165) is 43.3 Å². The Balaban J connectivity index is 1.60. The summed E-state index contributed by atoms with van der Waals surface area (Å²) in [4.78, 5) is 4.71. The standard InChI is InChI=1S/C21H31NO2S/c1-21(2,3)25(23,24)17-11-7-5-4-6-8-13-19-16-15-18-12-9-10-14-20(18)22-19/h9-10,12,14-16H,4-8,11,13,17H2,1-3H3. The number of rotatable bonds is 9. The van der Waals surface area contributed by atoms with E-state index in [2.05, 4.69) is 24.3 Å². The molecule has 1 heterocycles. The quantitative estimate of drug-likeness (QED) is 0.567. The van der Waals surface area contributed by atoms with Crippen LogP contribution in [0.15, 0.2) is 36.4 Å². The number of hydrogen-bond acceptors (Lipinski definition) is 3. The average Bonchev–Trinajstić information content (AvgIpc) is 2.56. The lowest BCUT2D eigenvalue weighted by Gasteiger charge is -2.18. The molecule has 25 heavy (non-hydrogen) atoms. The van der Waals surface area contributed by atoms with Crippen LogP contribution in [0.1, 0.15) is 65.0 Å². The van der Waals surface area contributed by atoms with Crippen molar-refractivity contribution < 1.29 is 8.42 Å². The molecular formula is C21H31NO2S. The molecule has 0 amide bonds. The highest BCUT2D eigenvalue weighted by Gasteiger charge is 2.27. The molecule has 2 rings (SSSR count). The third-order valence-corrected chi connectivity index (χ3v) is 7.38. The number of nitrogens with zero attached hydrogens (tertiary/aromatic N) is 1. The van der Waals surface area contributed by atoms with Gasteiger partial charge in [-0.15, -0.1) is 0 Å². The first-order valence-electron chi connectivity index (χ1n) is 9.36. The average molecular weight is 362 g/mol. The normalized spacial score (nSPS) is 12.6. The van der Waals surface area contributed by atoms with E-state index >= 15 is 0 Å². The van der Waals surface area contributed by atoms with E-state index in [1.807, 2.05) is 12.1 Å². The molecule has 0 aliphatic rings. The highest BCUT2D eigenvalue weighted by atomic mass is 32.2. The second-order valence-electron chi connectivity index (χ2n) is 7.80. The number of aromatic nitrogens is 1. The van der Waals surface area contributed by atoms with Crippen LogP contribution in [-0.4, -0.2) is 23.9 Å². The zero-order valence-electron chi connectivity index (χ0n) is 15.8. The van der Waals surface area contributed by atoms with E-state index in [-0.39, 0.29) is 0 Å². The fourth-order valence-electron chi connectivity index (χ4n) is 2.86. The van der Waals surface area contributed by atoms with Crippen molar-refractivity contribution in [3.8, 4) is 0 Å². The van der Waals surface area contributed by atoms with Gasteiger partial charge in [0.25, 0.3) is 0 Å². The van der Waals surface area contributed by atoms with Crippen LogP contribution in [0.2, 0.25) is 0 Å². The van der Waals surface area contributed by atoms with Gasteiger partial charge in [-0.1, -0.05) is 49.9 Å². The van der Waals surface area contributed by atoms with E-state index in [1.165, 1.54) is 18.2 Å². The fraction of sp³-hybridized carbons (Fsp3) is 0.571. The lowest BCUT2D eigenvalue weighted by Crippen LogP contribution is -2.30. The van der Waals surface area contributed by atoms with Gasteiger partial charge in [0.05, 0.1) is 16.0 Å². The van der Waals surface area contributed by atoms with Crippen molar-refractivity contribution in [2.24, 2.45) is 0 Å². The van der Waals surface area contributed by atoms with Crippen molar-refractivity contribution in [2.45, 2.75) is 70.5 Å². The number of aryl methyl sites for hydroxylation is 1. The van der Waals surface area contributed by atoms with Crippen LogP contribution in [0, 0.1) is 0 Å². The summed E-state index contributed by atoms with van der Waals surface area (Å²) in [7, 11) is -2.96. The Labute approximate surface area is 152 Å². The summed E-state index contributed by atoms with van der Waals surface area (Å²) in [5, 5.41) is 1.19. The van der Waals surface area contributed by atoms with Gasteiger partial charge in [0, 0.05) is 11.1 Å². The number of para-hydroxylation sites is 1. The third-order valence-electron chi connectivity index (χ3n) is 4.69. The lowest BCUT2D eigenvalue weighted by atomic mass is 10.1. The molecule has 1 aromatic heterocycles. The minimum atomic E-state index is -2.96. The molecule has 0 N–H and O–H groups in total. The molecule has 3 nitrogen and oxygen atoms in total. The monoisotopic (exact) mass is 361 g/mol. The van der Waals surface area contributed by atoms with Crippen molar-refractivity contribution in [3.63, 3.8) is 0 Å². The van der Waals surface area contributed by atoms with Crippen LogP contribution >= 0.6 is 0 Å². The Morgan fingerprint density at radius 3 is 2.20 bits per heavy atom. The lowest BCUT2D eigenvalue weighted by molar-refractivity contribution is 0.551. The van der Waals surface area contributed by atoms with Crippen molar-refractivity contribution in [1.82, 2.24) is 4.98 Å². The second kappa shape index (κ2) is 8.79. The van der Waals surface area contributed by atoms with Crippen molar-refractivity contribution >= 4 is 20.7 Å². The van der Waals surface area contributed by atoms with Gasteiger partial charge < -0.3 is 0 Å². The Hall–Kier alpha value is -1.42. The molecule has 2 aromatic rings.